The van der Waals surface area contributed by atoms with Crippen LogP contribution < -0.4 is 5.32 Å². The summed E-state index contributed by atoms with van der Waals surface area (Å²) in [5.41, 5.74) is -0.0354. The van der Waals surface area contributed by atoms with Gasteiger partial charge in [-0.05, 0) is 38.0 Å². The zero-order valence-electron chi connectivity index (χ0n) is 22.2. The normalized spacial score (nSPS) is 27.5. The summed E-state index contributed by atoms with van der Waals surface area (Å²) in [5.74, 6) is -0.145. The third-order valence-corrected chi connectivity index (χ3v) is 7.28. The van der Waals surface area contributed by atoms with Crippen LogP contribution in [0.3, 0.4) is 0 Å². The minimum Gasteiger partial charge on any atom is -0.466 e. The average molecular weight is 495 g/mol. The first-order valence-electron chi connectivity index (χ1n) is 12.8. The lowest BCUT2D eigenvalue weighted by Gasteiger charge is -2.32. The fraction of sp³-hybridized carbons (Fsp3) is 0.741. The van der Waals surface area contributed by atoms with Crippen LogP contribution in [-0.4, -0.2) is 40.6 Å². The molecule has 7 heteroatoms. The Morgan fingerprint density at radius 3 is 2.50 bits per heavy atom. The molecule has 0 bridgehead atoms. The van der Waals surface area contributed by atoms with Crippen molar-refractivity contribution in [1.29, 1.82) is 0 Å². The lowest BCUT2D eigenvalue weighted by atomic mass is 9.74. The van der Waals surface area contributed by atoms with Crippen molar-refractivity contribution < 1.29 is 19.4 Å². The minimum absolute atomic E-state index is 0.0168. The molecule has 194 valence electrons. The number of hydrogen-bond donors (Lipinski definition) is 2. The van der Waals surface area contributed by atoms with Gasteiger partial charge in [0.2, 0.25) is 0 Å². The highest BCUT2D eigenvalue weighted by Gasteiger charge is 2.39. The third kappa shape index (κ3) is 10.3. The van der Waals surface area contributed by atoms with Crippen LogP contribution in [0.2, 0.25) is 0 Å². The Kier molecular flexibility index (Phi) is 13.6. The Morgan fingerprint density at radius 1 is 1.18 bits per heavy atom. The quantitative estimate of drug-likeness (QED) is 0.507. The second-order valence-corrected chi connectivity index (χ2v) is 10.9. The average Bonchev–Trinajstić information content (AvgIpc) is 3.21. The number of ketones is 1. The van der Waals surface area contributed by atoms with Gasteiger partial charge in [-0.25, -0.2) is 4.98 Å². The first-order chi connectivity index (χ1) is 16.1. The molecule has 1 aromatic heterocycles. The van der Waals surface area contributed by atoms with Gasteiger partial charge in [0, 0.05) is 23.8 Å². The van der Waals surface area contributed by atoms with Crippen LogP contribution in [0.15, 0.2) is 11.6 Å². The molecule has 2 rings (SSSR count). The van der Waals surface area contributed by atoms with Gasteiger partial charge in [-0.2, -0.15) is 0 Å². The van der Waals surface area contributed by atoms with Crippen molar-refractivity contribution in [2.75, 3.05) is 6.61 Å². The van der Waals surface area contributed by atoms with Crippen molar-refractivity contribution in [3.8, 4) is 0 Å². The molecule has 1 aliphatic rings. The summed E-state index contributed by atoms with van der Waals surface area (Å²) in [6.07, 6.45) is 8.41. The van der Waals surface area contributed by atoms with Gasteiger partial charge in [-0.3, -0.25) is 9.59 Å². The number of esters is 1. The van der Waals surface area contributed by atoms with Crippen molar-refractivity contribution in [3.63, 3.8) is 0 Å². The number of ether oxygens (including phenoxy) is 1. The summed E-state index contributed by atoms with van der Waals surface area (Å²) in [5, 5.41) is 17.1. The van der Waals surface area contributed by atoms with Crippen molar-refractivity contribution in [1.82, 2.24) is 10.3 Å². The van der Waals surface area contributed by atoms with Crippen molar-refractivity contribution in [3.05, 3.63) is 22.3 Å². The number of cyclic esters (lactones) is 1. The van der Waals surface area contributed by atoms with Gasteiger partial charge in [0.1, 0.15) is 5.78 Å². The standard InChI is InChI=1S/C25H40N2O4S.C2H6/c1-17-8-6-7-9-20(26-12-10-21-16-32-19(3)27-21)11-13-31-23(29)15-22(28)25(4,5)24(30)18(2)14-17;1-2/h10,12,16-18,20,22,26,28H,6-9,11,13-15H2,1-5H3;1-2H3/b12-10-;/t17-,18+,20-,22?;/m0./s1. The third-order valence-electron chi connectivity index (χ3n) is 6.48. The Bertz CT molecular complexity index is 774. The minimum atomic E-state index is -1.05. The first kappa shape index (κ1) is 30.3. The highest BCUT2D eigenvalue weighted by Crippen LogP contribution is 2.31. The first-order valence-corrected chi connectivity index (χ1v) is 13.7. The summed E-state index contributed by atoms with van der Waals surface area (Å²) in [4.78, 5) is 29.7. The smallest absolute Gasteiger partial charge is 0.308 e. The number of carbonyl (C=O) groups is 2. The van der Waals surface area contributed by atoms with Crippen molar-refractivity contribution >= 4 is 29.2 Å². The van der Waals surface area contributed by atoms with E-state index in [1.807, 2.05) is 45.4 Å². The number of thiazole rings is 1. The topological polar surface area (TPSA) is 88.5 Å². The molecule has 1 fully saturated rings. The molecule has 4 atom stereocenters. The molecule has 0 saturated carbocycles. The molecule has 1 saturated heterocycles. The predicted octanol–water partition coefficient (Wildman–Crippen LogP) is 5.92. The van der Waals surface area contributed by atoms with E-state index >= 15 is 0 Å². The number of hydrogen-bond acceptors (Lipinski definition) is 7. The highest BCUT2D eigenvalue weighted by atomic mass is 32.1. The molecule has 2 heterocycles. The maximum atomic E-state index is 12.9. The van der Waals surface area contributed by atoms with Crippen LogP contribution >= 0.6 is 11.3 Å². The van der Waals surface area contributed by atoms with Gasteiger partial charge in [-0.1, -0.05) is 60.8 Å². The van der Waals surface area contributed by atoms with Crippen LogP contribution in [0.1, 0.15) is 97.2 Å². The van der Waals surface area contributed by atoms with E-state index in [9.17, 15) is 14.7 Å². The van der Waals surface area contributed by atoms with Gasteiger partial charge in [0.15, 0.2) is 0 Å². The summed E-state index contributed by atoms with van der Waals surface area (Å²) in [6, 6.07) is 0.198. The molecule has 0 spiro atoms. The monoisotopic (exact) mass is 494 g/mol. The molecule has 6 nitrogen and oxygen atoms in total. The predicted molar refractivity (Wildman–Crippen MR) is 141 cm³/mol. The van der Waals surface area contributed by atoms with Crippen molar-refractivity contribution in [2.45, 2.75) is 106 Å². The number of aliphatic hydroxyl groups excluding tert-OH is 1. The van der Waals surface area contributed by atoms with Crippen LogP contribution in [0, 0.1) is 24.2 Å². The summed E-state index contributed by atoms with van der Waals surface area (Å²) in [7, 11) is 0. The molecule has 34 heavy (non-hydrogen) atoms. The van der Waals surface area contributed by atoms with Crippen LogP contribution in [-0.2, 0) is 14.3 Å². The molecule has 1 aromatic rings. The molecule has 1 aliphatic heterocycles. The molecular weight excluding hydrogens is 448 g/mol. The molecule has 2 N–H and O–H groups in total. The Hall–Kier alpha value is -1.73. The van der Waals surface area contributed by atoms with Gasteiger partial charge in [-0.15, -0.1) is 11.3 Å². The lowest BCUT2D eigenvalue weighted by Crippen LogP contribution is -2.42. The second kappa shape index (κ2) is 15.3. The number of aromatic nitrogens is 1. The van der Waals surface area contributed by atoms with E-state index in [1.165, 1.54) is 0 Å². The van der Waals surface area contributed by atoms with E-state index in [1.54, 1.807) is 25.2 Å². The zero-order chi connectivity index (χ0) is 25.7. The second-order valence-electron chi connectivity index (χ2n) is 9.83. The maximum absolute atomic E-state index is 12.9. The van der Waals surface area contributed by atoms with Gasteiger partial charge in [0.25, 0.3) is 0 Å². The SMILES string of the molecule is CC.Cc1nc(/C=C\N[C@H]2CCCC[C@H](C)C[C@@H](C)C(=O)C(C)(C)C(O)CC(=O)OCC2)cs1. The molecule has 1 unspecified atom stereocenters. The molecule has 0 aliphatic carbocycles. The molecule has 0 radical (unpaired) electrons. The number of aryl methyl sites for hydroxylation is 1. The number of Topliss-reactive ketones (excluding diaryl/α,β-unsaturated/α-hetero) is 1. The van der Waals surface area contributed by atoms with Crippen LogP contribution in [0.4, 0.5) is 0 Å². The van der Waals surface area contributed by atoms with Gasteiger partial charge < -0.3 is 15.2 Å². The van der Waals surface area contributed by atoms with Crippen LogP contribution in [0.25, 0.3) is 6.08 Å². The molecule has 0 amide bonds. The summed E-state index contributed by atoms with van der Waals surface area (Å²) < 4.78 is 5.40. The summed E-state index contributed by atoms with van der Waals surface area (Å²) >= 11 is 1.62. The van der Waals surface area contributed by atoms with E-state index in [-0.39, 0.29) is 30.8 Å². The maximum Gasteiger partial charge on any atom is 0.308 e. The van der Waals surface area contributed by atoms with Crippen molar-refractivity contribution in [2.24, 2.45) is 17.3 Å². The highest BCUT2D eigenvalue weighted by molar-refractivity contribution is 7.09. The largest absolute Gasteiger partial charge is 0.466 e. The summed E-state index contributed by atoms with van der Waals surface area (Å²) in [6.45, 7) is 13.9. The molecular formula is C27H46N2O4S. The van der Waals surface area contributed by atoms with E-state index in [2.05, 4.69) is 17.2 Å². The van der Waals surface area contributed by atoms with Gasteiger partial charge in [0.05, 0.1) is 35.2 Å². The van der Waals surface area contributed by atoms with E-state index < -0.39 is 17.5 Å². The number of nitrogens with one attached hydrogen (secondary N) is 1. The van der Waals surface area contributed by atoms with E-state index in [0.29, 0.717) is 12.3 Å². The zero-order valence-corrected chi connectivity index (χ0v) is 23.0. The number of carbonyl (C=O) groups excluding carboxylic acids is 2. The van der Waals surface area contributed by atoms with Crippen LogP contribution in [0.5, 0.6) is 0 Å². The Morgan fingerprint density at radius 2 is 1.85 bits per heavy atom. The number of nitrogens with zero attached hydrogens (tertiary/aromatic N) is 1. The Labute approximate surface area is 210 Å². The number of aliphatic hydroxyl groups is 1. The van der Waals surface area contributed by atoms with E-state index in [4.69, 9.17) is 4.74 Å². The molecule has 0 aromatic carbocycles. The van der Waals surface area contributed by atoms with Gasteiger partial charge >= 0.3 is 5.97 Å². The lowest BCUT2D eigenvalue weighted by molar-refractivity contribution is -0.150. The fourth-order valence-electron chi connectivity index (χ4n) is 4.34. The fourth-order valence-corrected chi connectivity index (χ4v) is 4.92. The Balaban J connectivity index is 0.00000281. The van der Waals surface area contributed by atoms with E-state index in [0.717, 1.165) is 42.8 Å². The number of rotatable bonds is 3.